The monoisotopic (exact) mass is 325 g/mol. The van der Waals surface area contributed by atoms with Gasteiger partial charge >= 0.3 is 0 Å². The number of rotatable bonds is 3. The van der Waals surface area contributed by atoms with Crippen molar-refractivity contribution in [3.63, 3.8) is 0 Å². The summed E-state index contributed by atoms with van der Waals surface area (Å²) in [6, 6.07) is 16.7. The van der Waals surface area contributed by atoms with Gasteiger partial charge in [0.05, 0.1) is 31.9 Å². The van der Waals surface area contributed by atoms with E-state index in [0.717, 1.165) is 38.4 Å². The normalized spacial score (nSPS) is 16.4. The van der Waals surface area contributed by atoms with Crippen LogP contribution in [0.2, 0.25) is 0 Å². The molecule has 3 rings (SSSR count). The fraction of sp³-hybridized carbons (Fsp3) is 0.429. The second-order valence-electron chi connectivity index (χ2n) is 7.85. The van der Waals surface area contributed by atoms with Gasteiger partial charge in [0.25, 0.3) is 0 Å². The number of piperazine rings is 1. The van der Waals surface area contributed by atoms with Gasteiger partial charge in [-0.05, 0) is 23.1 Å². The Morgan fingerprint density at radius 3 is 2.17 bits per heavy atom. The highest BCUT2D eigenvalue weighted by Crippen LogP contribution is 2.26. The van der Waals surface area contributed by atoms with Gasteiger partial charge in [-0.15, -0.1) is 0 Å². The van der Waals surface area contributed by atoms with Crippen LogP contribution >= 0.6 is 0 Å². The number of phenolic OH excluding ortho intramolecular Hbond substituents is 1. The highest BCUT2D eigenvalue weighted by molar-refractivity contribution is 5.57. The lowest BCUT2D eigenvalue weighted by molar-refractivity contribution is -0.914. The van der Waals surface area contributed by atoms with E-state index in [-0.39, 0.29) is 5.41 Å². The lowest BCUT2D eigenvalue weighted by Gasteiger charge is -2.34. The van der Waals surface area contributed by atoms with Crippen molar-refractivity contribution in [3.05, 3.63) is 59.7 Å². The van der Waals surface area contributed by atoms with Crippen LogP contribution in [0.5, 0.6) is 5.75 Å². The maximum atomic E-state index is 10.0. The van der Waals surface area contributed by atoms with Crippen LogP contribution in [0.15, 0.2) is 48.5 Å². The Morgan fingerprint density at radius 2 is 1.58 bits per heavy atom. The van der Waals surface area contributed by atoms with Crippen LogP contribution in [0.1, 0.15) is 31.9 Å². The lowest BCUT2D eigenvalue weighted by atomic mass is 9.87. The Bertz CT molecular complexity index is 665. The minimum Gasteiger partial charge on any atom is -0.506 e. The molecule has 2 aromatic rings. The third kappa shape index (κ3) is 3.90. The van der Waals surface area contributed by atoms with Gasteiger partial charge in [-0.3, -0.25) is 0 Å². The van der Waals surface area contributed by atoms with Crippen molar-refractivity contribution in [3.8, 4) is 5.75 Å². The number of phenols is 1. The third-order valence-corrected chi connectivity index (χ3v) is 4.97. The molecule has 1 saturated heterocycles. The van der Waals surface area contributed by atoms with Gasteiger partial charge in [-0.2, -0.15) is 0 Å². The molecule has 0 spiro atoms. The Balaban J connectivity index is 1.57. The molecule has 0 radical (unpaired) electrons. The minimum absolute atomic E-state index is 0.217. The third-order valence-electron chi connectivity index (χ3n) is 4.97. The van der Waals surface area contributed by atoms with Gasteiger partial charge in [0.15, 0.2) is 0 Å². The molecule has 0 saturated carbocycles. The largest absolute Gasteiger partial charge is 0.506 e. The van der Waals surface area contributed by atoms with Crippen LogP contribution in [0.25, 0.3) is 0 Å². The van der Waals surface area contributed by atoms with E-state index >= 15 is 0 Å². The molecule has 2 aromatic carbocycles. The SMILES string of the molecule is CC(C)(C)c1ccc(C[NH+]2CCN(c3ccccc3O)CC2)cc1. The van der Waals surface area contributed by atoms with Gasteiger partial charge in [-0.1, -0.05) is 57.2 Å². The summed E-state index contributed by atoms with van der Waals surface area (Å²) in [7, 11) is 0. The summed E-state index contributed by atoms with van der Waals surface area (Å²) in [4.78, 5) is 3.91. The van der Waals surface area contributed by atoms with Crippen molar-refractivity contribution in [2.75, 3.05) is 31.1 Å². The van der Waals surface area contributed by atoms with E-state index in [1.807, 2.05) is 18.2 Å². The standard InChI is InChI=1S/C21H28N2O/c1-21(2,3)18-10-8-17(9-11-18)16-22-12-14-23(15-13-22)19-6-4-5-7-20(19)24/h4-11,24H,12-16H2,1-3H3/p+1. The lowest BCUT2D eigenvalue weighted by Crippen LogP contribution is -3.13. The summed E-state index contributed by atoms with van der Waals surface area (Å²) in [6.07, 6.45) is 0. The van der Waals surface area contributed by atoms with Crippen molar-refractivity contribution < 1.29 is 10.0 Å². The molecule has 2 N–H and O–H groups in total. The van der Waals surface area contributed by atoms with Crippen molar-refractivity contribution in [1.82, 2.24) is 0 Å². The molecule has 0 atom stereocenters. The first-order valence-electron chi connectivity index (χ1n) is 8.89. The quantitative estimate of drug-likeness (QED) is 0.908. The molecule has 0 amide bonds. The van der Waals surface area contributed by atoms with Gasteiger partial charge < -0.3 is 14.9 Å². The second kappa shape index (κ2) is 6.86. The molecule has 3 nitrogen and oxygen atoms in total. The molecular formula is C21H29N2O+. The first-order chi connectivity index (χ1) is 11.4. The van der Waals surface area contributed by atoms with E-state index < -0.39 is 0 Å². The van der Waals surface area contributed by atoms with E-state index in [0.29, 0.717) is 5.75 Å². The van der Waals surface area contributed by atoms with E-state index in [9.17, 15) is 5.11 Å². The number of quaternary nitrogens is 1. The number of aromatic hydroxyl groups is 1. The minimum atomic E-state index is 0.217. The number of benzene rings is 2. The van der Waals surface area contributed by atoms with E-state index in [4.69, 9.17) is 0 Å². The van der Waals surface area contributed by atoms with Gasteiger partial charge in [0, 0.05) is 5.56 Å². The Kier molecular flexibility index (Phi) is 4.81. The van der Waals surface area contributed by atoms with Gasteiger partial charge in [0.1, 0.15) is 12.3 Å². The number of nitrogens with one attached hydrogen (secondary N) is 1. The molecule has 0 unspecified atom stereocenters. The number of hydrogen-bond donors (Lipinski definition) is 2. The fourth-order valence-electron chi connectivity index (χ4n) is 3.38. The van der Waals surface area contributed by atoms with Crippen LogP contribution in [-0.4, -0.2) is 31.3 Å². The molecule has 24 heavy (non-hydrogen) atoms. The average Bonchev–Trinajstić information content (AvgIpc) is 2.56. The van der Waals surface area contributed by atoms with Crippen molar-refractivity contribution in [1.29, 1.82) is 0 Å². The zero-order valence-corrected chi connectivity index (χ0v) is 15.0. The maximum absolute atomic E-state index is 10.0. The van der Waals surface area contributed by atoms with Crippen molar-refractivity contribution >= 4 is 5.69 Å². The highest BCUT2D eigenvalue weighted by atomic mass is 16.3. The fourth-order valence-corrected chi connectivity index (χ4v) is 3.38. The van der Waals surface area contributed by atoms with Crippen LogP contribution < -0.4 is 9.80 Å². The van der Waals surface area contributed by atoms with Gasteiger partial charge in [-0.25, -0.2) is 0 Å². The molecule has 0 aliphatic carbocycles. The number of para-hydroxylation sites is 2. The molecule has 128 valence electrons. The predicted octanol–water partition coefficient (Wildman–Crippen LogP) is 2.59. The smallest absolute Gasteiger partial charge is 0.138 e. The highest BCUT2D eigenvalue weighted by Gasteiger charge is 2.22. The first kappa shape index (κ1) is 16.8. The van der Waals surface area contributed by atoms with Crippen LogP contribution in [0.3, 0.4) is 0 Å². The Hall–Kier alpha value is -2.00. The van der Waals surface area contributed by atoms with Crippen LogP contribution in [-0.2, 0) is 12.0 Å². The molecule has 1 aliphatic heterocycles. The molecule has 1 fully saturated rings. The van der Waals surface area contributed by atoms with Crippen LogP contribution in [0, 0.1) is 0 Å². The first-order valence-corrected chi connectivity index (χ1v) is 8.89. The maximum Gasteiger partial charge on any atom is 0.138 e. The molecule has 1 heterocycles. The molecule has 0 aromatic heterocycles. The summed E-state index contributed by atoms with van der Waals surface area (Å²) < 4.78 is 0. The van der Waals surface area contributed by atoms with E-state index in [2.05, 4.69) is 49.9 Å². The predicted molar refractivity (Wildman–Crippen MR) is 99.9 cm³/mol. The number of anilines is 1. The summed E-state index contributed by atoms with van der Waals surface area (Å²) in [6.45, 7) is 12.0. The molecular weight excluding hydrogens is 296 g/mol. The Morgan fingerprint density at radius 1 is 0.958 bits per heavy atom. The zero-order chi connectivity index (χ0) is 17.2. The van der Waals surface area contributed by atoms with Gasteiger partial charge in [0.2, 0.25) is 0 Å². The summed E-state index contributed by atoms with van der Waals surface area (Å²) in [5.74, 6) is 0.388. The topological polar surface area (TPSA) is 27.9 Å². The zero-order valence-electron chi connectivity index (χ0n) is 15.0. The van der Waals surface area contributed by atoms with Crippen molar-refractivity contribution in [2.45, 2.75) is 32.7 Å². The average molecular weight is 325 g/mol. The molecule has 0 bridgehead atoms. The summed E-state index contributed by atoms with van der Waals surface area (Å²) >= 11 is 0. The number of nitrogens with zero attached hydrogens (tertiary/aromatic N) is 1. The summed E-state index contributed by atoms with van der Waals surface area (Å²) in [5, 5.41) is 10.0. The molecule has 3 heteroatoms. The Labute approximate surface area is 145 Å². The molecule has 1 aliphatic rings. The number of hydrogen-bond acceptors (Lipinski definition) is 2. The van der Waals surface area contributed by atoms with Crippen molar-refractivity contribution in [2.24, 2.45) is 0 Å². The van der Waals surface area contributed by atoms with E-state index in [1.165, 1.54) is 11.1 Å². The summed E-state index contributed by atoms with van der Waals surface area (Å²) in [5.41, 5.74) is 3.99. The van der Waals surface area contributed by atoms with E-state index in [1.54, 1.807) is 11.0 Å². The second-order valence-corrected chi connectivity index (χ2v) is 7.85. The van der Waals surface area contributed by atoms with Crippen LogP contribution in [0.4, 0.5) is 5.69 Å².